The molecule has 0 heterocycles. The lowest BCUT2D eigenvalue weighted by atomic mass is 9.80. The molecule has 1 unspecified atom stereocenters. The predicted octanol–water partition coefficient (Wildman–Crippen LogP) is 3.76. The van der Waals surface area contributed by atoms with Crippen LogP contribution < -0.4 is 4.74 Å². The maximum Gasteiger partial charge on any atom is 0.157 e. The van der Waals surface area contributed by atoms with Crippen LogP contribution in [-0.2, 0) is 4.79 Å². The molecule has 20 heavy (non-hydrogen) atoms. The van der Waals surface area contributed by atoms with Gasteiger partial charge in [-0.1, -0.05) is 31.4 Å². The molecule has 0 N–H and O–H groups in total. The van der Waals surface area contributed by atoms with E-state index in [4.69, 9.17) is 4.74 Å². The largest absolute Gasteiger partial charge is 0.496 e. The Labute approximate surface area is 120 Å². The third-order valence-electron chi connectivity index (χ3n) is 4.17. The number of methoxy groups -OCH3 is 1. The first-order valence-corrected chi connectivity index (χ1v) is 7.25. The highest BCUT2D eigenvalue weighted by atomic mass is 16.5. The summed E-state index contributed by atoms with van der Waals surface area (Å²) >= 11 is 0. The van der Waals surface area contributed by atoms with Crippen molar-refractivity contribution in [1.82, 2.24) is 0 Å². The summed E-state index contributed by atoms with van der Waals surface area (Å²) in [5, 5.41) is 9.40. The van der Waals surface area contributed by atoms with E-state index in [0.29, 0.717) is 0 Å². The van der Waals surface area contributed by atoms with E-state index >= 15 is 0 Å². The van der Waals surface area contributed by atoms with E-state index in [1.165, 1.54) is 6.42 Å². The Hall–Kier alpha value is -1.82. The van der Waals surface area contributed by atoms with Crippen molar-refractivity contribution in [3.8, 4) is 11.8 Å². The number of carbonyl (C=O) groups excluding carboxylic acids is 1. The Bertz CT molecular complexity index is 524. The van der Waals surface area contributed by atoms with E-state index in [1.807, 2.05) is 25.1 Å². The van der Waals surface area contributed by atoms with Crippen molar-refractivity contribution in [2.45, 2.75) is 44.9 Å². The van der Waals surface area contributed by atoms with Crippen molar-refractivity contribution in [3.05, 3.63) is 29.3 Å². The molecule has 0 bridgehead atoms. The topological polar surface area (TPSA) is 50.1 Å². The molecule has 1 aromatic rings. The van der Waals surface area contributed by atoms with Crippen molar-refractivity contribution in [2.24, 2.45) is 5.92 Å². The first-order valence-electron chi connectivity index (χ1n) is 7.25. The van der Waals surface area contributed by atoms with Crippen LogP contribution in [0, 0.1) is 24.2 Å². The first-order chi connectivity index (χ1) is 9.67. The number of hydrogen-bond donors (Lipinski definition) is 0. The maximum atomic E-state index is 12.5. The summed E-state index contributed by atoms with van der Waals surface area (Å²) in [4.78, 5) is 12.5. The number of Topliss-reactive ketones (excluding diaryl/α,β-unsaturated/α-hetero) is 1. The summed E-state index contributed by atoms with van der Waals surface area (Å²) in [6, 6.07) is 7.76. The molecule has 1 atom stereocenters. The number of carbonyl (C=O) groups is 1. The van der Waals surface area contributed by atoms with Gasteiger partial charge in [0, 0.05) is 5.92 Å². The van der Waals surface area contributed by atoms with Gasteiger partial charge in [0.25, 0.3) is 0 Å². The van der Waals surface area contributed by atoms with Gasteiger partial charge < -0.3 is 4.74 Å². The van der Waals surface area contributed by atoms with Gasteiger partial charge in [-0.25, -0.2) is 0 Å². The minimum atomic E-state index is -0.636. The molecular formula is C17H21NO2. The van der Waals surface area contributed by atoms with Gasteiger partial charge in [0.2, 0.25) is 0 Å². The number of benzene rings is 1. The van der Waals surface area contributed by atoms with Crippen LogP contribution in [0.3, 0.4) is 0 Å². The molecule has 1 saturated carbocycles. The Kier molecular flexibility index (Phi) is 4.79. The van der Waals surface area contributed by atoms with Crippen molar-refractivity contribution in [1.29, 1.82) is 5.26 Å². The zero-order chi connectivity index (χ0) is 14.5. The van der Waals surface area contributed by atoms with Gasteiger partial charge in [-0.05, 0) is 37.0 Å². The molecule has 1 aliphatic rings. The molecule has 0 spiro atoms. The fourth-order valence-corrected chi connectivity index (χ4v) is 3.01. The summed E-state index contributed by atoms with van der Waals surface area (Å²) in [6.07, 6.45) is 5.30. The molecule has 3 heteroatoms. The van der Waals surface area contributed by atoms with Gasteiger partial charge in [0.15, 0.2) is 5.78 Å². The molecule has 0 aliphatic heterocycles. The minimum Gasteiger partial charge on any atom is -0.496 e. The van der Waals surface area contributed by atoms with Crippen LogP contribution in [0.4, 0.5) is 0 Å². The lowest BCUT2D eigenvalue weighted by molar-refractivity contribution is -0.124. The minimum absolute atomic E-state index is 0.0656. The number of ketones is 1. The quantitative estimate of drug-likeness (QED) is 0.837. The molecule has 106 valence electrons. The van der Waals surface area contributed by atoms with Crippen LogP contribution in [0.1, 0.15) is 49.1 Å². The van der Waals surface area contributed by atoms with Gasteiger partial charge >= 0.3 is 0 Å². The zero-order valence-electron chi connectivity index (χ0n) is 12.2. The molecule has 1 fully saturated rings. The van der Waals surface area contributed by atoms with E-state index < -0.39 is 5.92 Å². The molecule has 2 rings (SSSR count). The van der Waals surface area contributed by atoms with Crippen LogP contribution in [0.25, 0.3) is 0 Å². The van der Waals surface area contributed by atoms with Crippen LogP contribution in [0.5, 0.6) is 5.75 Å². The number of rotatable bonds is 4. The summed E-state index contributed by atoms with van der Waals surface area (Å²) in [6.45, 7) is 1.93. The second kappa shape index (κ2) is 6.56. The molecule has 3 nitrogen and oxygen atoms in total. The predicted molar refractivity (Wildman–Crippen MR) is 77.7 cm³/mol. The second-order valence-electron chi connectivity index (χ2n) is 5.53. The maximum absolute atomic E-state index is 12.5. The molecule has 0 aromatic heterocycles. The number of ether oxygens (including phenoxy) is 1. The summed E-state index contributed by atoms with van der Waals surface area (Å²) in [5.41, 5.74) is 1.75. The Morgan fingerprint density at radius 1 is 1.35 bits per heavy atom. The third kappa shape index (κ3) is 3.01. The smallest absolute Gasteiger partial charge is 0.157 e. The monoisotopic (exact) mass is 271 g/mol. The van der Waals surface area contributed by atoms with Gasteiger partial charge in [-0.15, -0.1) is 0 Å². The third-order valence-corrected chi connectivity index (χ3v) is 4.17. The SMILES string of the molecule is COc1ccc(C(C#N)C(=O)C2CCCCC2)cc1C. The number of aryl methyl sites for hydroxylation is 1. The number of nitriles is 1. The van der Waals surface area contributed by atoms with Crippen molar-refractivity contribution in [2.75, 3.05) is 7.11 Å². The summed E-state index contributed by atoms with van der Waals surface area (Å²) < 4.78 is 5.22. The molecule has 1 aliphatic carbocycles. The lowest BCUT2D eigenvalue weighted by Gasteiger charge is -2.22. The molecule has 0 radical (unpaired) electrons. The van der Waals surface area contributed by atoms with Crippen LogP contribution >= 0.6 is 0 Å². The molecule has 0 saturated heterocycles. The van der Waals surface area contributed by atoms with Crippen LogP contribution in [0.15, 0.2) is 18.2 Å². The molecule has 0 amide bonds. The number of nitrogens with zero attached hydrogens (tertiary/aromatic N) is 1. The molecule has 1 aromatic carbocycles. The van der Waals surface area contributed by atoms with Crippen molar-refractivity contribution < 1.29 is 9.53 Å². The zero-order valence-corrected chi connectivity index (χ0v) is 12.2. The number of hydrogen-bond acceptors (Lipinski definition) is 3. The van der Waals surface area contributed by atoms with Crippen molar-refractivity contribution >= 4 is 5.78 Å². The van der Waals surface area contributed by atoms with Crippen LogP contribution in [-0.4, -0.2) is 12.9 Å². The Balaban J connectivity index is 2.21. The Morgan fingerprint density at radius 3 is 2.60 bits per heavy atom. The average Bonchev–Trinajstić information content (AvgIpc) is 2.49. The van der Waals surface area contributed by atoms with Crippen LogP contribution in [0.2, 0.25) is 0 Å². The highest BCUT2D eigenvalue weighted by molar-refractivity contribution is 5.90. The summed E-state index contributed by atoms with van der Waals surface area (Å²) in [7, 11) is 1.62. The van der Waals surface area contributed by atoms with Gasteiger partial charge in [-0.2, -0.15) is 5.26 Å². The molecular weight excluding hydrogens is 250 g/mol. The summed E-state index contributed by atoms with van der Waals surface area (Å²) in [5.74, 6) is 0.311. The van der Waals surface area contributed by atoms with E-state index in [-0.39, 0.29) is 11.7 Å². The standard InChI is InChI=1S/C17H21NO2/c1-12-10-14(8-9-16(12)20-2)15(11-18)17(19)13-6-4-3-5-7-13/h8-10,13,15H,3-7H2,1-2H3. The average molecular weight is 271 g/mol. The van der Waals surface area contributed by atoms with E-state index in [9.17, 15) is 10.1 Å². The normalized spacial score (nSPS) is 17.2. The fourth-order valence-electron chi connectivity index (χ4n) is 3.01. The highest BCUT2D eigenvalue weighted by Crippen LogP contribution is 2.31. The van der Waals surface area contributed by atoms with E-state index in [1.54, 1.807) is 7.11 Å². The van der Waals surface area contributed by atoms with E-state index in [0.717, 1.165) is 42.6 Å². The lowest BCUT2D eigenvalue weighted by Crippen LogP contribution is -2.23. The van der Waals surface area contributed by atoms with Gasteiger partial charge in [0.05, 0.1) is 13.2 Å². The second-order valence-corrected chi connectivity index (χ2v) is 5.53. The van der Waals surface area contributed by atoms with Gasteiger partial charge in [-0.3, -0.25) is 4.79 Å². The first kappa shape index (κ1) is 14.6. The van der Waals surface area contributed by atoms with Gasteiger partial charge in [0.1, 0.15) is 11.7 Å². The Morgan fingerprint density at radius 2 is 2.05 bits per heavy atom. The highest BCUT2D eigenvalue weighted by Gasteiger charge is 2.29. The fraction of sp³-hybridized carbons (Fsp3) is 0.529. The van der Waals surface area contributed by atoms with E-state index in [2.05, 4.69) is 6.07 Å². The van der Waals surface area contributed by atoms with Crippen molar-refractivity contribution in [3.63, 3.8) is 0 Å².